The Kier molecular flexibility index (Phi) is 6.29. The predicted molar refractivity (Wildman–Crippen MR) is 110 cm³/mol. The smallest absolute Gasteiger partial charge is 0.242 e. The fourth-order valence-electron chi connectivity index (χ4n) is 2.75. The number of carbonyl (C=O) groups is 2. The van der Waals surface area contributed by atoms with Crippen LogP contribution in [0.15, 0.2) is 59.6 Å². The number of carbonyl (C=O) groups excluding carboxylic acids is 2. The van der Waals surface area contributed by atoms with E-state index in [0.29, 0.717) is 11.7 Å². The minimum Gasteiger partial charge on any atom is -0.352 e. The van der Waals surface area contributed by atoms with E-state index in [1.807, 2.05) is 54.6 Å². The van der Waals surface area contributed by atoms with Gasteiger partial charge in [0.25, 0.3) is 0 Å². The zero-order valence-electron chi connectivity index (χ0n) is 15.5. The summed E-state index contributed by atoms with van der Waals surface area (Å²) >= 11 is 1.35. The molecule has 0 aromatic heterocycles. The molecule has 1 N–H and O–H groups in total. The van der Waals surface area contributed by atoms with E-state index in [2.05, 4.69) is 17.2 Å². The topological polar surface area (TPSA) is 61.8 Å². The van der Waals surface area contributed by atoms with Gasteiger partial charge in [0.15, 0.2) is 5.17 Å². The number of aliphatic imine (C=N–C) groups is 1. The first-order valence-corrected chi connectivity index (χ1v) is 9.87. The van der Waals surface area contributed by atoms with Gasteiger partial charge in [-0.1, -0.05) is 61.2 Å². The van der Waals surface area contributed by atoms with Crippen LogP contribution in [0.2, 0.25) is 0 Å². The van der Waals surface area contributed by atoms with Crippen LogP contribution in [0.3, 0.4) is 0 Å². The van der Waals surface area contributed by atoms with Crippen LogP contribution in [0.4, 0.5) is 5.69 Å². The first-order valence-electron chi connectivity index (χ1n) is 8.99. The van der Waals surface area contributed by atoms with Gasteiger partial charge in [-0.25, -0.2) is 4.99 Å². The molecule has 140 valence electrons. The van der Waals surface area contributed by atoms with Crippen LogP contribution in [0.25, 0.3) is 0 Å². The Morgan fingerprint density at radius 3 is 2.48 bits per heavy atom. The first kappa shape index (κ1) is 19.2. The van der Waals surface area contributed by atoms with E-state index in [0.717, 1.165) is 17.7 Å². The molecule has 1 atom stereocenters. The second-order valence-electron chi connectivity index (χ2n) is 6.38. The van der Waals surface area contributed by atoms with Gasteiger partial charge in [-0.15, -0.1) is 0 Å². The van der Waals surface area contributed by atoms with Crippen LogP contribution in [0.1, 0.15) is 24.5 Å². The van der Waals surface area contributed by atoms with Gasteiger partial charge in [0, 0.05) is 20.0 Å². The molecule has 0 aliphatic carbocycles. The van der Waals surface area contributed by atoms with Crippen LogP contribution in [0.5, 0.6) is 0 Å². The number of hydrogen-bond acceptors (Lipinski definition) is 4. The summed E-state index contributed by atoms with van der Waals surface area (Å²) in [5.74, 6) is -0.217. The Balaban J connectivity index is 1.59. The number of nitrogens with zero attached hydrogens (tertiary/aromatic N) is 2. The van der Waals surface area contributed by atoms with E-state index >= 15 is 0 Å². The van der Waals surface area contributed by atoms with E-state index < -0.39 is 5.25 Å². The van der Waals surface area contributed by atoms with E-state index in [1.165, 1.54) is 22.2 Å². The molecule has 3 rings (SSSR count). The average Bonchev–Trinajstić information content (AvgIpc) is 2.95. The summed E-state index contributed by atoms with van der Waals surface area (Å²) in [5.41, 5.74) is 3.09. The molecule has 1 aliphatic rings. The fourth-order valence-corrected chi connectivity index (χ4v) is 3.91. The second kappa shape index (κ2) is 8.86. The quantitative estimate of drug-likeness (QED) is 0.833. The molecule has 0 spiro atoms. The summed E-state index contributed by atoms with van der Waals surface area (Å²) in [6.07, 6.45) is 1.12. The van der Waals surface area contributed by atoms with Gasteiger partial charge in [0.2, 0.25) is 11.8 Å². The molecule has 1 saturated heterocycles. The van der Waals surface area contributed by atoms with Crippen molar-refractivity contribution in [2.45, 2.75) is 31.6 Å². The van der Waals surface area contributed by atoms with Crippen LogP contribution in [-0.4, -0.2) is 34.2 Å². The summed E-state index contributed by atoms with van der Waals surface area (Å²) in [6, 6.07) is 17.7. The van der Waals surface area contributed by atoms with Crippen LogP contribution in [-0.2, 0) is 22.6 Å². The molecular formula is C21H23N3O2S. The van der Waals surface area contributed by atoms with Crippen molar-refractivity contribution >= 4 is 34.4 Å². The summed E-state index contributed by atoms with van der Waals surface area (Å²) in [4.78, 5) is 30.8. The molecule has 27 heavy (non-hydrogen) atoms. The fraction of sp³-hybridized carbons (Fsp3) is 0.286. The molecule has 2 aromatic rings. The highest BCUT2D eigenvalue weighted by atomic mass is 32.2. The number of hydrogen-bond donors (Lipinski definition) is 1. The summed E-state index contributed by atoms with van der Waals surface area (Å²) in [7, 11) is 1.70. The maximum absolute atomic E-state index is 12.5. The Hall–Kier alpha value is -2.60. The van der Waals surface area contributed by atoms with Gasteiger partial charge in [-0.2, -0.15) is 0 Å². The second-order valence-corrected chi connectivity index (χ2v) is 7.55. The monoisotopic (exact) mass is 381 g/mol. The van der Waals surface area contributed by atoms with Crippen molar-refractivity contribution in [1.82, 2.24) is 10.2 Å². The van der Waals surface area contributed by atoms with Crippen molar-refractivity contribution in [3.8, 4) is 0 Å². The molecule has 1 fully saturated rings. The van der Waals surface area contributed by atoms with Gasteiger partial charge < -0.3 is 5.32 Å². The predicted octanol–water partition coefficient (Wildman–Crippen LogP) is 3.52. The van der Waals surface area contributed by atoms with Gasteiger partial charge in [0.1, 0.15) is 5.25 Å². The number of nitrogens with one attached hydrogen (secondary N) is 1. The third kappa shape index (κ3) is 4.98. The van der Waals surface area contributed by atoms with Crippen LogP contribution < -0.4 is 5.32 Å². The van der Waals surface area contributed by atoms with E-state index in [-0.39, 0.29) is 18.2 Å². The molecule has 0 saturated carbocycles. The number of benzene rings is 2. The van der Waals surface area contributed by atoms with Gasteiger partial charge in [-0.05, 0) is 29.7 Å². The highest BCUT2D eigenvalue weighted by Gasteiger charge is 2.36. The van der Waals surface area contributed by atoms with Gasteiger partial charge >= 0.3 is 0 Å². The van der Waals surface area contributed by atoms with Gasteiger partial charge in [0.05, 0.1) is 5.69 Å². The molecule has 1 heterocycles. The Morgan fingerprint density at radius 1 is 1.11 bits per heavy atom. The lowest BCUT2D eigenvalue weighted by Crippen LogP contribution is -2.32. The van der Waals surface area contributed by atoms with E-state index in [4.69, 9.17) is 0 Å². The SMILES string of the molecule is CCc1ccc(N=C2S[C@@H](CC(=O)NCc3ccccc3)C(=O)N2C)cc1. The van der Waals surface area contributed by atoms with E-state index in [9.17, 15) is 9.59 Å². The van der Waals surface area contributed by atoms with Crippen molar-refractivity contribution < 1.29 is 9.59 Å². The molecule has 0 radical (unpaired) electrons. The number of amidine groups is 1. The summed E-state index contributed by atoms with van der Waals surface area (Å²) in [6.45, 7) is 2.57. The minimum atomic E-state index is -0.431. The number of thioether (sulfide) groups is 1. The van der Waals surface area contributed by atoms with Crippen molar-refractivity contribution in [3.05, 3.63) is 65.7 Å². The molecular weight excluding hydrogens is 358 g/mol. The Bertz CT molecular complexity index is 834. The van der Waals surface area contributed by atoms with E-state index in [1.54, 1.807) is 7.05 Å². The maximum Gasteiger partial charge on any atom is 0.242 e. The molecule has 1 aliphatic heterocycles. The lowest BCUT2D eigenvalue weighted by Gasteiger charge is -2.09. The minimum absolute atomic E-state index is 0.0845. The highest BCUT2D eigenvalue weighted by Crippen LogP contribution is 2.30. The molecule has 2 aromatic carbocycles. The highest BCUT2D eigenvalue weighted by molar-refractivity contribution is 8.15. The van der Waals surface area contributed by atoms with Crippen molar-refractivity contribution in [3.63, 3.8) is 0 Å². The third-order valence-electron chi connectivity index (χ3n) is 4.41. The van der Waals surface area contributed by atoms with Crippen LogP contribution >= 0.6 is 11.8 Å². The number of amides is 2. The van der Waals surface area contributed by atoms with Gasteiger partial charge in [-0.3, -0.25) is 14.5 Å². The van der Waals surface area contributed by atoms with Crippen LogP contribution in [0, 0.1) is 0 Å². The molecule has 0 unspecified atom stereocenters. The zero-order chi connectivity index (χ0) is 19.2. The normalized spacial score (nSPS) is 18.1. The first-order chi connectivity index (χ1) is 13.1. The summed E-state index contributed by atoms with van der Waals surface area (Å²) < 4.78 is 0. The maximum atomic E-state index is 12.5. The number of aryl methyl sites for hydroxylation is 1. The summed E-state index contributed by atoms with van der Waals surface area (Å²) in [5, 5.41) is 3.07. The Morgan fingerprint density at radius 2 is 1.81 bits per heavy atom. The largest absolute Gasteiger partial charge is 0.352 e. The Labute approximate surface area is 163 Å². The lowest BCUT2D eigenvalue weighted by molar-refractivity contribution is -0.128. The molecule has 5 nitrogen and oxygen atoms in total. The molecule has 2 amide bonds. The van der Waals surface area contributed by atoms with Crippen molar-refractivity contribution in [2.24, 2.45) is 4.99 Å². The third-order valence-corrected chi connectivity index (χ3v) is 5.64. The molecule has 6 heteroatoms. The van der Waals surface area contributed by atoms with Crippen molar-refractivity contribution in [2.75, 3.05) is 7.05 Å². The standard InChI is InChI=1S/C21H23N3O2S/c1-3-15-9-11-17(12-10-15)23-21-24(2)20(26)18(27-21)13-19(25)22-14-16-7-5-4-6-8-16/h4-12,18H,3,13-14H2,1-2H3,(H,22,25)/t18-/m0/s1. The average molecular weight is 382 g/mol. The lowest BCUT2D eigenvalue weighted by atomic mass is 10.2. The molecule has 0 bridgehead atoms. The number of rotatable bonds is 6. The van der Waals surface area contributed by atoms with Crippen molar-refractivity contribution in [1.29, 1.82) is 0 Å². The zero-order valence-corrected chi connectivity index (χ0v) is 16.3.